The first-order chi connectivity index (χ1) is 8.55. The Morgan fingerprint density at radius 3 is 2.61 bits per heavy atom. The smallest absolute Gasteiger partial charge is 0.243 e. The number of nitrogens with one attached hydrogen (secondary N) is 1. The van der Waals surface area contributed by atoms with Crippen LogP contribution in [0.2, 0.25) is 0 Å². The summed E-state index contributed by atoms with van der Waals surface area (Å²) >= 11 is 0. The van der Waals surface area contributed by atoms with Crippen molar-refractivity contribution in [1.29, 1.82) is 0 Å². The van der Waals surface area contributed by atoms with Crippen molar-refractivity contribution in [2.24, 2.45) is 5.92 Å². The zero-order valence-electron chi connectivity index (χ0n) is 9.84. The van der Waals surface area contributed by atoms with E-state index < -0.39 is 15.8 Å². The van der Waals surface area contributed by atoms with Crippen LogP contribution in [0.3, 0.4) is 0 Å². The Hall–Kier alpha value is -0.980. The highest BCUT2D eigenvalue weighted by Crippen LogP contribution is 2.27. The number of hydrogen-bond donors (Lipinski definition) is 1. The average Bonchev–Trinajstić information content (AvgIpc) is 2.68. The molecule has 2 aliphatic heterocycles. The molecule has 18 heavy (non-hydrogen) atoms. The zero-order valence-corrected chi connectivity index (χ0v) is 10.7. The molecule has 0 aliphatic carbocycles. The molecule has 0 saturated carbocycles. The Balaban J connectivity index is 1.88. The molecule has 0 unspecified atom stereocenters. The van der Waals surface area contributed by atoms with Gasteiger partial charge in [0.1, 0.15) is 5.82 Å². The van der Waals surface area contributed by atoms with Gasteiger partial charge in [-0.1, -0.05) is 0 Å². The molecule has 3 rings (SSSR count). The van der Waals surface area contributed by atoms with E-state index in [1.54, 1.807) is 0 Å². The van der Waals surface area contributed by atoms with Crippen molar-refractivity contribution in [3.8, 4) is 0 Å². The van der Waals surface area contributed by atoms with Crippen LogP contribution in [0.5, 0.6) is 0 Å². The standard InChI is InChI=1S/C12H15FN2O2S/c13-10-1-3-12(4-2-10)18(16,17)15-7-9-5-11(8-15)14-6-9/h1-4,9,11,14H,5-8H2/t9-,11-/m0/s1. The van der Waals surface area contributed by atoms with Gasteiger partial charge in [0.2, 0.25) is 10.0 Å². The third-order valence-corrected chi connectivity index (χ3v) is 5.50. The highest BCUT2D eigenvalue weighted by atomic mass is 32.2. The predicted molar refractivity (Wildman–Crippen MR) is 65.1 cm³/mol. The molecular formula is C12H15FN2O2S. The van der Waals surface area contributed by atoms with E-state index in [1.165, 1.54) is 28.6 Å². The molecule has 0 amide bonds. The number of nitrogens with zero attached hydrogens (tertiary/aromatic N) is 1. The fraction of sp³-hybridized carbons (Fsp3) is 0.500. The van der Waals surface area contributed by atoms with Crippen LogP contribution >= 0.6 is 0 Å². The SMILES string of the molecule is O=S(=O)(c1ccc(F)cc1)N1C[C@@H]2CN[C@@H](C2)C1. The summed E-state index contributed by atoms with van der Waals surface area (Å²) in [6.45, 7) is 1.96. The molecular weight excluding hydrogens is 255 g/mol. The van der Waals surface area contributed by atoms with E-state index in [4.69, 9.17) is 0 Å². The number of piperidine rings is 1. The Labute approximate surface area is 106 Å². The molecule has 1 aromatic rings. The van der Waals surface area contributed by atoms with Crippen molar-refractivity contribution in [1.82, 2.24) is 9.62 Å². The summed E-state index contributed by atoms with van der Waals surface area (Å²) in [6.07, 6.45) is 1.05. The van der Waals surface area contributed by atoms with Crippen LogP contribution in [-0.2, 0) is 10.0 Å². The topological polar surface area (TPSA) is 49.4 Å². The molecule has 4 nitrogen and oxygen atoms in total. The van der Waals surface area contributed by atoms with Crippen LogP contribution in [0.15, 0.2) is 29.2 Å². The minimum Gasteiger partial charge on any atom is -0.312 e. The van der Waals surface area contributed by atoms with Crippen LogP contribution in [0.4, 0.5) is 4.39 Å². The van der Waals surface area contributed by atoms with E-state index in [1.807, 2.05) is 0 Å². The van der Waals surface area contributed by atoms with Crippen LogP contribution in [-0.4, -0.2) is 38.4 Å². The Morgan fingerprint density at radius 2 is 1.94 bits per heavy atom. The molecule has 1 N–H and O–H groups in total. The van der Waals surface area contributed by atoms with E-state index in [0.29, 0.717) is 19.0 Å². The second-order valence-electron chi connectivity index (χ2n) is 4.98. The van der Waals surface area contributed by atoms with Gasteiger partial charge in [-0.2, -0.15) is 4.31 Å². The van der Waals surface area contributed by atoms with Crippen LogP contribution in [0.1, 0.15) is 6.42 Å². The molecule has 2 saturated heterocycles. The van der Waals surface area contributed by atoms with E-state index in [-0.39, 0.29) is 10.9 Å². The van der Waals surface area contributed by atoms with E-state index in [2.05, 4.69) is 5.32 Å². The minimum absolute atomic E-state index is 0.171. The number of fused-ring (bicyclic) bond motifs is 2. The minimum atomic E-state index is -3.48. The molecule has 2 aliphatic rings. The van der Waals surface area contributed by atoms with Crippen molar-refractivity contribution in [3.05, 3.63) is 30.1 Å². The summed E-state index contributed by atoms with van der Waals surface area (Å²) in [5.41, 5.74) is 0. The highest BCUT2D eigenvalue weighted by molar-refractivity contribution is 7.89. The van der Waals surface area contributed by atoms with Gasteiger partial charge in [-0.25, -0.2) is 12.8 Å². The lowest BCUT2D eigenvalue weighted by atomic mass is 10.0. The lowest BCUT2D eigenvalue weighted by Crippen LogP contribution is -2.44. The molecule has 2 fully saturated rings. The number of rotatable bonds is 2. The van der Waals surface area contributed by atoms with Crippen molar-refractivity contribution < 1.29 is 12.8 Å². The van der Waals surface area contributed by atoms with Gasteiger partial charge in [0.15, 0.2) is 0 Å². The second kappa shape index (κ2) is 4.29. The van der Waals surface area contributed by atoms with E-state index in [9.17, 15) is 12.8 Å². The van der Waals surface area contributed by atoms with Crippen molar-refractivity contribution in [2.45, 2.75) is 17.4 Å². The number of halogens is 1. The largest absolute Gasteiger partial charge is 0.312 e. The molecule has 1 aromatic carbocycles. The molecule has 2 heterocycles. The van der Waals surface area contributed by atoms with Crippen LogP contribution < -0.4 is 5.32 Å². The van der Waals surface area contributed by atoms with E-state index in [0.717, 1.165) is 13.0 Å². The van der Waals surface area contributed by atoms with Gasteiger partial charge in [0.05, 0.1) is 4.90 Å². The van der Waals surface area contributed by atoms with Crippen LogP contribution in [0, 0.1) is 11.7 Å². The van der Waals surface area contributed by atoms with E-state index >= 15 is 0 Å². The first-order valence-electron chi connectivity index (χ1n) is 6.05. The Kier molecular flexibility index (Phi) is 2.88. The molecule has 2 atom stereocenters. The van der Waals surface area contributed by atoms with Gasteiger partial charge in [-0.15, -0.1) is 0 Å². The van der Waals surface area contributed by atoms with Gasteiger partial charge >= 0.3 is 0 Å². The third kappa shape index (κ3) is 2.04. The monoisotopic (exact) mass is 270 g/mol. The van der Waals surface area contributed by atoms with Crippen molar-refractivity contribution in [3.63, 3.8) is 0 Å². The summed E-state index contributed by atoms with van der Waals surface area (Å²) in [6, 6.07) is 5.29. The molecule has 0 aromatic heterocycles. The maximum atomic E-state index is 12.8. The summed E-state index contributed by atoms with van der Waals surface area (Å²) in [7, 11) is -3.48. The molecule has 2 bridgehead atoms. The molecule has 0 radical (unpaired) electrons. The molecule has 98 valence electrons. The fourth-order valence-corrected chi connectivity index (χ4v) is 4.30. The maximum absolute atomic E-state index is 12.8. The van der Waals surface area contributed by atoms with Crippen LogP contribution in [0.25, 0.3) is 0 Å². The van der Waals surface area contributed by atoms with Gasteiger partial charge in [0, 0.05) is 19.1 Å². The number of sulfonamides is 1. The quantitative estimate of drug-likeness (QED) is 0.865. The molecule has 0 spiro atoms. The summed E-state index contributed by atoms with van der Waals surface area (Å²) < 4.78 is 39.1. The first kappa shape index (κ1) is 12.1. The maximum Gasteiger partial charge on any atom is 0.243 e. The van der Waals surface area contributed by atoms with Gasteiger partial charge in [0.25, 0.3) is 0 Å². The lowest BCUT2D eigenvalue weighted by Gasteiger charge is -2.30. The second-order valence-corrected chi connectivity index (χ2v) is 6.92. The predicted octanol–water partition coefficient (Wildman–Crippen LogP) is 0.808. The Morgan fingerprint density at radius 1 is 1.22 bits per heavy atom. The summed E-state index contributed by atoms with van der Waals surface area (Å²) in [4.78, 5) is 0.171. The normalized spacial score (nSPS) is 28.5. The number of hydrogen-bond acceptors (Lipinski definition) is 3. The summed E-state index contributed by atoms with van der Waals surface area (Å²) in [5, 5.41) is 3.32. The first-order valence-corrected chi connectivity index (χ1v) is 7.49. The number of benzene rings is 1. The zero-order chi connectivity index (χ0) is 12.8. The van der Waals surface area contributed by atoms with Gasteiger partial charge < -0.3 is 5.32 Å². The average molecular weight is 270 g/mol. The van der Waals surface area contributed by atoms with Gasteiger partial charge in [-0.3, -0.25) is 0 Å². The Bertz CT molecular complexity index is 532. The van der Waals surface area contributed by atoms with Gasteiger partial charge in [-0.05, 0) is 43.1 Å². The lowest BCUT2D eigenvalue weighted by molar-refractivity contribution is 0.295. The van der Waals surface area contributed by atoms with Crippen molar-refractivity contribution in [2.75, 3.05) is 19.6 Å². The van der Waals surface area contributed by atoms with Crippen molar-refractivity contribution >= 4 is 10.0 Å². The third-order valence-electron chi connectivity index (χ3n) is 3.65. The molecule has 6 heteroatoms. The summed E-state index contributed by atoms with van der Waals surface area (Å²) in [5.74, 6) is -0.0201. The fourth-order valence-electron chi connectivity index (χ4n) is 2.74. The highest BCUT2D eigenvalue weighted by Gasteiger charge is 2.38.